The molecule has 0 unspecified atom stereocenters. The van der Waals surface area contributed by atoms with E-state index in [9.17, 15) is 0 Å². The number of H-pyrrole nitrogens is 1. The quantitative estimate of drug-likeness (QED) is 0.681. The summed E-state index contributed by atoms with van der Waals surface area (Å²) in [5.41, 5.74) is 14.1. The molecule has 0 aliphatic heterocycles. The molecule has 22 heavy (non-hydrogen) atoms. The molecule has 1 fully saturated rings. The van der Waals surface area contributed by atoms with E-state index in [4.69, 9.17) is 16.2 Å². The number of benzene rings is 1. The summed E-state index contributed by atoms with van der Waals surface area (Å²) < 4.78 is 6.08. The highest BCUT2D eigenvalue weighted by Gasteiger charge is 2.22. The largest absolute Gasteiger partial charge is 0.490 e. The molecule has 1 aliphatic rings. The van der Waals surface area contributed by atoms with Crippen LogP contribution in [0.4, 0.5) is 11.8 Å². The second-order valence-corrected chi connectivity index (χ2v) is 5.48. The molecule has 112 valence electrons. The van der Waals surface area contributed by atoms with Crippen LogP contribution in [0, 0.1) is 0 Å². The van der Waals surface area contributed by atoms with Crippen LogP contribution in [-0.2, 0) is 0 Å². The highest BCUT2D eigenvalue weighted by Crippen LogP contribution is 2.36. The van der Waals surface area contributed by atoms with Gasteiger partial charge in [-0.2, -0.15) is 5.10 Å². The van der Waals surface area contributed by atoms with Crippen LogP contribution in [0.3, 0.4) is 0 Å². The van der Waals surface area contributed by atoms with Crippen LogP contribution in [-0.4, -0.2) is 26.3 Å². The van der Waals surface area contributed by atoms with E-state index < -0.39 is 0 Å². The van der Waals surface area contributed by atoms with Crippen molar-refractivity contribution in [3.8, 4) is 17.0 Å². The second-order valence-electron chi connectivity index (χ2n) is 5.48. The first-order valence-corrected chi connectivity index (χ1v) is 7.24. The van der Waals surface area contributed by atoms with Crippen LogP contribution in [0.5, 0.6) is 5.75 Å². The third kappa shape index (κ3) is 2.11. The standard InChI is InChI=1S/C15H16N6O/c16-14-13-11(20-21-14)6-8(10-4-5-18-15(17)19-10)7-12(13)22-9-2-1-3-9/h4-7,9H,1-3H2,(H3,16,20,21)(H2,17,18,19). The summed E-state index contributed by atoms with van der Waals surface area (Å²) in [5, 5.41) is 7.83. The Hall–Kier alpha value is -2.83. The van der Waals surface area contributed by atoms with Crippen LogP contribution < -0.4 is 16.2 Å². The van der Waals surface area contributed by atoms with E-state index in [0.29, 0.717) is 5.82 Å². The molecular formula is C15H16N6O. The normalized spacial score (nSPS) is 14.9. The first-order valence-electron chi connectivity index (χ1n) is 7.24. The first kappa shape index (κ1) is 12.9. The minimum Gasteiger partial charge on any atom is -0.490 e. The molecule has 0 radical (unpaired) electrons. The molecular weight excluding hydrogens is 280 g/mol. The first-order chi connectivity index (χ1) is 10.7. The fourth-order valence-corrected chi connectivity index (χ4v) is 2.59. The Morgan fingerprint density at radius 3 is 2.82 bits per heavy atom. The van der Waals surface area contributed by atoms with Gasteiger partial charge >= 0.3 is 0 Å². The zero-order chi connectivity index (χ0) is 15.1. The van der Waals surface area contributed by atoms with Crippen molar-refractivity contribution in [3.63, 3.8) is 0 Å². The zero-order valence-electron chi connectivity index (χ0n) is 11.9. The number of nitrogens with one attached hydrogen (secondary N) is 1. The van der Waals surface area contributed by atoms with Gasteiger partial charge in [-0.05, 0) is 37.5 Å². The van der Waals surface area contributed by atoms with Crippen molar-refractivity contribution in [3.05, 3.63) is 24.4 Å². The highest BCUT2D eigenvalue weighted by molar-refractivity contribution is 5.97. The molecule has 0 saturated heterocycles. The van der Waals surface area contributed by atoms with E-state index in [1.807, 2.05) is 18.2 Å². The maximum absolute atomic E-state index is 6.08. The van der Waals surface area contributed by atoms with Crippen molar-refractivity contribution >= 4 is 22.7 Å². The number of anilines is 2. The number of ether oxygens (including phenoxy) is 1. The van der Waals surface area contributed by atoms with E-state index in [0.717, 1.165) is 40.8 Å². The highest BCUT2D eigenvalue weighted by atomic mass is 16.5. The predicted molar refractivity (Wildman–Crippen MR) is 84.2 cm³/mol. The van der Waals surface area contributed by atoms with E-state index in [1.165, 1.54) is 6.42 Å². The number of hydrogen-bond acceptors (Lipinski definition) is 6. The topological polar surface area (TPSA) is 116 Å². The van der Waals surface area contributed by atoms with Crippen LogP contribution >= 0.6 is 0 Å². The van der Waals surface area contributed by atoms with Crippen LogP contribution in [0.25, 0.3) is 22.2 Å². The van der Waals surface area contributed by atoms with Crippen molar-refractivity contribution in [2.75, 3.05) is 11.5 Å². The molecule has 0 spiro atoms. The lowest BCUT2D eigenvalue weighted by Crippen LogP contribution is -2.24. The summed E-state index contributed by atoms with van der Waals surface area (Å²) >= 11 is 0. The molecule has 1 saturated carbocycles. The van der Waals surface area contributed by atoms with Gasteiger partial charge in [0.2, 0.25) is 5.95 Å². The lowest BCUT2D eigenvalue weighted by atomic mass is 9.96. The van der Waals surface area contributed by atoms with Gasteiger partial charge in [-0.25, -0.2) is 9.97 Å². The average Bonchev–Trinajstić information content (AvgIpc) is 2.84. The molecule has 0 atom stereocenters. The number of nitrogens with zero attached hydrogens (tertiary/aromatic N) is 3. The Balaban J connectivity index is 1.85. The van der Waals surface area contributed by atoms with Crippen LogP contribution in [0.2, 0.25) is 0 Å². The van der Waals surface area contributed by atoms with Crippen LogP contribution in [0.1, 0.15) is 19.3 Å². The third-order valence-corrected chi connectivity index (χ3v) is 3.97. The molecule has 2 aromatic heterocycles. The van der Waals surface area contributed by atoms with Gasteiger partial charge in [-0.3, -0.25) is 5.10 Å². The molecule has 2 heterocycles. The Morgan fingerprint density at radius 2 is 2.09 bits per heavy atom. The van der Waals surface area contributed by atoms with Crippen molar-refractivity contribution < 1.29 is 4.74 Å². The predicted octanol–water partition coefficient (Wildman–Crippen LogP) is 2.12. The zero-order valence-corrected chi connectivity index (χ0v) is 11.9. The molecule has 0 bridgehead atoms. The van der Waals surface area contributed by atoms with E-state index >= 15 is 0 Å². The fourth-order valence-electron chi connectivity index (χ4n) is 2.59. The number of aromatic nitrogens is 4. The molecule has 7 nitrogen and oxygen atoms in total. The van der Waals surface area contributed by atoms with E-state index in [2.05, 4.69) is 20.2 Å². The van der Waals surface area contributed by atoms with Gasteiger partial charge in [-0.15, -0.1) is 0 Å². The fraction of sp³-hybridized carbons (Fsp3) is 0.267. The van der Waals surface area contributed by atoms with Gasteiger partial charge in [0.1, 0.15) is 5.75 Å². The lowest BCUT2D eigenvalue weighted by Gasteiger charge is -2.27. The molecule has 0 amide bonds. The van der Waals surface area contributed by atoms with Crippen molar-refractivity contribution in [1.29, 1.82) is 0 Å². The number of fused-ring (bicyclic) bond motifs is 1. The minimum atomic E-state index is 0.239. The maximum Gasteiger partial charge on any atom is 0.220 e. The smallest absolute Gasteiger partial charge is 0.220 e. The third-order valence-electron chi connectivity index (χ3n) is 3.97. The summed E-state index contributed by atoms with van der Waals surface area (Å²) in [7, 11) is 0. The van der Waals surface area contributed by atoms with Gasteiger partial charge in [0.15, 0.2) is 5.82 Å². The molecule has 1 aromatic carbocycles. The number of nitrogens with two attached hydrogens (primary N) is 2. The molecule has 3 aromatic rings. The Bertz CT molecular complexity index is 839. The van der Waals surface area contributed by atoms with Crippen molar-refractivity contribution in [2.45, 2.75) is 25.4 Å². The summed E-state index contributed by atoms with van der Waals surface area (Å²) in [5.74, 6) is 1.42. The maximum atomic E-state index is 6.08. The Morgan fingerprint density at radius 1 is 1.23 bits per heavy atom. The summed E-state index contributed by atoms with van der Waals surface area (Å²) in [6.07, 6.45) is 5.24. The van der Waals surface area contributed by atoms with Gasteiger partial charge in [-0.1, -0.05) is 0 Å². The number of aromatic amines is 1. The minimum absolute atomic E-state index is 0.239. The molecule has 5 N–H and O–H groups in total. The molecule has 1 aliphatic carbocycles. The van der Waals surface area contributed by atoms with Gasteiger partial charge in [0.05, 0.1) is 22.7 Å². The SMILES string of the molecule is Nc1nccc(-c2cc(OC3CCC3)c3c(N)n[nH]c3c2)n1. The van der Waals surface area contributed by atoms with Gasteiger partial charge in [0, 0.05) is 11.8 Å². The van der Waals surface area contributed by atoms with E-state index in [1.54, 1.807) is 6.20 Å². The summed E-state index contributed by atoms with van der Waals surface area (Å²) in [6, 6.07) is 5.69. The lowest BCUT2D eigenvalue weighted by molar-refractivity contribution is 0.122. The molecule has 4 rings (SSSR count). The number of hydrogen-bond donors (Lipinski definition) is 3. The molecule has 7 heteroatoms. The second kappa shape index (κ2) is 4.87. The van der Waals surface area contributed by atoms with Crippen molar-refractivity contribution in [2.24, 2.45) is 0 Å². The summed E-state index contributed by atoms with van der Waals surface area (Å²) in [4.78, 5) is 8.18. The Labute approximate surface area is 126 Å². The number of rotatable bonds is 3. The van der Waals surface area contributed by atoms with Crippen molar-refractivity contribution in [1.82, 2.24) is 20.2 Å². The average molecular weight is 296 g/mol. The van der Waals surface area contributed by atoms with Crippen LogP contribution in [0.15, 0.2) is 24.4 Å². The van der Waals surface area contributed by atoms with E-state index in [-0.39, 0.29) is 12.1 Å². The van der Waals surface area contributed by atoms with Gasteiger partial charge in [0.25, 0.3) is 0 Å². The monoisotopic (exact) mass is 296 g/mol. The number of nitrogen functional groups attached to an aromatic ring is 2. The Kier molecular flexibility index (Phi) is 2.85. The van der Waals surface area contributed by atoms with Gasteiger partial charge < -0.3 is 16.2 Å². The summed E-state index contributed by atoms with van der Waals surface area (Å²) in [6.45, 7) is 0.